The number of benzene rings is 3. The highest BCUT2D eigenvalue weighted by Crippen LogP contribution is 2.24. The number of hydrazine groups is 1. The molecule has 0 saturated heterocycles. The van der Waals surface area contributed by atoms with Crippen LogP contribution < -0.4 is 20.3 Å². The van der Waals surface area contributed by atoms with Crippen LogP contribution in [-0.2, 0) is 9.59 Å². The van der Waals surface area contributed by atoms with Crippen molar-refractivity contribution in [2.75, 3.05) is 13.7 Å². The van der Waals surface area contributed by atoms with Crippen LogP contribution >= 0.6 is 0 Å². The van der Waals surface area contributed by atoms with Gasteiger partial charge in [0.05, 0.1) is 7.11 Å². The third kappa shape index (κ3) is 4.88. The third-order valence-electron chi connectivity index (χ3n) is 3.99. The van der Waals surface area contributed by atoms with Crippen molar-refractivity contribution in [3.63, 3.8) is 0 Å². The van der Waals surface area contributed by atoms with Gasteiger partial charge in [-0.1, -0.05) is 54.6 Å². The maximum Gasteiger partial charge on any atom is 0.276 e. The third-order valence-corrected chi connectivity index (χ3v) is 3.99. The highest BCUT2D eigenvalue weighted by atomic mass is 16.5. The van der Waals surface area contributed by atoms with Crippen LogP contribution in [0.1, 0.15) is 5.56 Å². The normalized spacial score (nSPS) is 10.6. The minimum Gasteiger partial charge on any atom is -0.496 e. The molecule has 0 fully saturated rings. The minimum absolute atomic E-state index is 0.218. The Morgan fingerprint density at radius 3 is 2.46 bits per heavy atom. The number of hydrogen-bond donors (Lipinski definition) is 2. The Labute approximate surface area is 162 Å². The first kappa shape index (κ1) is 19.0. The number of rotatable bonds is 6. The molecule has 142 valence electrons. The van der Waals surface area contributed by atoms with Gasteiger partial charge >= 0.3 is 0 Å². The molecule has 0 heterocycles. The quantitative estimate of drug-likeness (QED) is 0.512. The van der Waals surface area contributed by atoms with Crippen LogP contribution in [0.5, 0.6) is 11.5 Å². The van der Waals surface area contributed by atoms with Crippen LogP contribution in [0.25, 0.3) is 16.8 Å². The summed E-state index contributed by atoms with van der Waals surface area (Å²) in [6, 6.07) is 20.7. The van der Waals surface area contributed by atoms with E-state index in [4.69, 9.17) is 9.47 Å². The van der Waals surface area contributed by atoms with Crippen LogP contribution in [0.4, 0.5) is 0 Å². The van der Waals surface area contributed by atoms with Crippen molar-refractivity contribution >= 4 is 28.7 Å². The molecule has 0 aromatic heterocycles. The molecule has 3 aromatic carbocycles. The van der Waals surface area contributed by atoms with E-state index >= 15 is 0 Å². The van der Waals surface area contributed by atoms with Crippen molar-refractivity contribution in [3.05, 3.63) is 78.4 Å². The van der Waals surface area contributed by atoms with E-state index in [2.05, 4.69) is 10.9 Å². The number of carbonyl (C=O) groups is 2. The Morgan fingerprint density at radius 1 is 0.893 bits per heavy atom. The molecule has 0 saturated carbocycles. The topological polar surface area (TPSA) is 76.7 Å². The maximum atomic E-state index is 11.9. The van der Waals surface area contributed by atoms with Gasteiger partial charge in [0.1, 0.15) is 11.5 Å². The Bertz CT molecular complexity index is 1010. The van der Waals surface area contributed by atoms with Crippen molar-refractivity contribution in [2.24, 2.45) is 0 Å². The fourth-order valence-electron chi connectivity index (χ4n) is 2.64. The standard InChI is InChI=1S/C22H20N2O4/c1-27-19-11-5-3-8-17(19)13-14-21(25)23-24-22(26)15-28-20-12-6-9-16-7-2-4-10-18(16)20/h2-14H,15H2,1H3,(H,23,25)(H,24,26). The summed E-state index contributed by atoms with van der Waals surface area (Å²) in [6.07, 6.45) is 2.91. The van der Waals surface area contributed by atoms with E-state index in [1.165, 1.54) is 6.08 Å². The Kier molecular flexibility index (Phi) is 6.25. The van der Waals surface area contributed by atoms with Gasteiger partial charge in [-0.2, -0.15) is 0 Å². The van der Waals surface area contributed by atoms with Crippen LogP contribution in [0, 0.1) is 0 Å². The molecule has 0 radical (unpaired) electrons. The zero-order chi connectivity index (χ0) is 19.8. The van der Waals surface area contributed by atoms with Crippen molar-refractivity contribution in [1.82, 2.24) is 10.9 Å². The number of fused-ring (bicyclic) bond motifs is 1. The number of hydrogen-bond acceptors (Lipinski definition) is 4. The summed E-state index contributed by atoms with van der Waals surface area (Å²) in [5, 5.41) is 1.94. The molecule has 6 heteroatoms. The monoisotopic (exact) mass is 376 g/mol. The van der Waals surface area contributed by atoms with Gasteiger partial charge in [0.25, 0.3) is 11.8 Å². The SMILES string of the molecule is COc1ccccc1C=CC(=O)NNC(=O)COc1cccc2ccccc12. The van der Waals surface area contributed by atoms with Gasteiger partial charge in [0.15, 0.2) is 6.61 Å². The summed E-state index contributed by atoms with van der Waals surface area (Å²) in [7, 11) is 1.56. The Balaban J connectivity index is 1.50. The lowest BCUT2D eigenvalue weighted by Crippen LogP contribution is -2.43. The smallest absolute Gasteiger partial charge is 0.276 e. The van der Waals surface area contributed by atoms with Gasteiger partial charge in [0, 0.05) is 17.0 Å². The second kappa shape index (κ2) is 9.23. The molecular formula is C22H20N2O4. The van der Waals surface area contributed by atoms with Crippen molar-refractivity contribution in [3.8, 4) is 11.5 Å². The lowest BCUT2D eigenvalue weighted by Gasteiger charge is -2.10. The van der Waals surface area contributed by atoms with Gasteiger partial charge in [-0.15, -0.1) is 0 Å². The van der Waals surface area contributed by atoms with E-state index in [1.54, 1.807) is 25.3 Å². The largest absolute Gasteiger partial charge is 0.496 e. The minimum atomic E-state index is -0.468. The van der Waals surface area contributed by atoms with Gasteiger partial charge in [0.2, 0.25) is 0 Å². The molecule has 0 spiro atoms. The predicted molar refractivity (Wildman–Crippen MR) is 108 cm³/mol. The van der Waals surface area contributed by atoms with E-state index in [9.17, 15) is 9.59 Å². The molecular weight excluding hydrogens is 356 g/mol. The number of amides is 2. The summed E-state index contributed by atoms with van der Waals surface area (Å²) in [5.74, 6) is 0.325. The van der Waals surface area contributed by atoms with Gasteiger partial charge in [-0.3, -0.25) is 20.4 Å². The van der Waals surface area contributed by atoms with E-state index in [1.807, 2.05) is 54.6 Å². The molecule has 0 unspecified atom stereocenters. The molecule has 0 bridgehead atoms. The van der Waals surface area contributed by atoms with Crippen LogP contribution in [0.15, 0.2) is 72.8 Å². The molecule has 2 amide bonds. The summed E-state index contributed by atoms with van der Waals surface area (Å²) in [4.78, 5) is 23.8. The van der Waals surface area contributed by atoms with E-state index in [0.717, 1.165) is 16.3 Å². The van der Waals surface area contributed by atoms with E-state index in [-0.39, 0.29) is 6.61 Å². The zero-order valence-electron chi connectivity index (χ0n) is 15.3. The zero-order valence-corrected chi connectivity index (χ0v) is 15.3. The van der Waals surface area contributed by atoms with Crippen LogP contribution in [0.3, 0.4) is 0 Å². The van der Waals surface area contributed by atoms with E-state index < -0.39 is 11.8 Å². The Morgan fingerprint density at radius 2 is 1.61 bits per heavy atom. The average molecular weight is 376 g/mol. The number of methoxy groups -OCH3 is 1. The number of ether oxygens (including phenoxy) is 2. The fourth-order valence-corrected chi connectivity index (χ4v) is 2.64. The van der Waals surface area contributed by atoms with Crippen molar-refractivity contribution < 1.29 is 19.1 Å². The molecule has 28 heavy (non-hydrogen) atoms. The second-order valence-corrected chi connectivity index (χ2v) is 5.88. The number of carbonyl (C=O) groups excluding carboxylic acids is 2. The summed E-state index contributed by atoms with van der Waals surface area (Å²) in [5.41, 5.74) is 5.39. The molecule has 3 aromatic rings. The lowest BCUT2D eigenvalue weighted by molar-refractivity contribution is -0.128. The predicted octanol–water partition coefficient (Wildman–Crippen LogP) is 3.09. The van der Waals surface area contributed by atoms with Crippen molar-refractivity contribution in [2.45, 2.75) is 0 Å². The lowest BCUT2D eigenvalue weighted by atomic mass is 10.1. The fraction of sp³-hybridized carbons (Fsp3) is 0.0909. The molecule has 2 N–H and O–H groups in total. The highest BCUT2D eigenvalue weighted by molar-refractivity contribution is 5.93. The number of nitrogens with one attached hydrogen (secondary N) is 2. The van der Waals surface area contributed by atoms with Crippen LogP contribution in [-0.4, -0.2) is 25.5 Å². The summed E-state index contributed by atoms with van der Waals surface area (Å²) >= 11 is 0. The molecule has 0 aliphatic heterocycles. The van der Waals surface area contributed by atoms with Gasteiger partial charge < -0.3 is 9.47 Å². The second-order valence-electron chi connectivity index (χ2n) is 5.88. The van der Waals surface area contributed by atoms with E-state index in [0.29, 0.717) is 11.5 Å². The highest BCUT2D eigenvalue weighted by Gasteiger charge is 2.06. The van der Waals surface area contributed by atoms with Gasteiger partial charge in [-0.25, -0.2) is 0 Å². The van der Waals surface area contributed by atoms with Gasteiger partial charge in [-0.05, 0) is 23.6 Å². The molecule has 6 nitrogen and oxygen atoms in total. The summed E-state index contributed by atoms with van der Waals surface area (Å²) < 4.78 is 10.8. The van der Waals surface area contributed by atoms with Crippen LogP contribution in [0.2, 0.25) is 0 Å². The molecule has 0 atom stereocenters. The molecule has 3 rings (SSSR count). The maximum absolute atomic E-state index is 11.9. The first-order chi connectivity index (χ1) is 13.7. The Hall–Kier alpha value is -3.80. The molecule has 0 aliphatic rings. The first-order valence-corrected chi connectivity index (χ1v) is 8.68. The van der Waals surface area contributed by atoms with Crippen molar-refractivity contribution in [1.29, 1.82) is 0 Å². The number of para-hydroxylation sites is 1. The summed E-state index contributed by atoms with van der Waals surface area (Å²) in [6.45, 7) is -0.218. The first-order valence-electron chi connectivity index (χ1n) is 8.68. The average Bonchev–Trinajstić information content (AvgIpc) is 2.74. The molecule has 0 aliphatic carbocycles.